The fourth-order valence-corrected chi connectivity index (χ4v) is 6.66. The molecule has 0 aliphatic carbocycles. The van der Waals surface area contributed by atoms with Gasteiger partial charge in [0.1, 0.15) is 17.0 Å². The third-order valence-corrected chi connectivity index (χ3v) is 8.82. The maximum Gasteiger partial charge on any atom is 0.145 e. The summed E-state index contributed by atoms with van der Waals surface area (Å²) in [5.41, 5.74) is 12.8. The number of furan rings is 1. The predicted octanol–water partition coefficient (Wildman–Crippen LogP) is 11.6. The van der Waals surface area contributed by atoms with E-state index in [2.05, 4.69) is 162 Å². The van der Waals surface area contributed by atoms with Gasteiger partial charge in [-0.3, -0.25) is 4.57 Å². The Hall–Kier alpha value is -6.19. The number of imidazole rings is 1. The third kappa shape index (κ3) is 4.33. The summed E-state index contributed by atoms with van der Waals surface area (Å²) in [5.74, 6) is 0.922. The molecule has 2 heterocycles. The number of benzene rings is 7. The van der Waals surface area contributed by atoms with Crippen molar-refractivity contribution in [2.24, 2.45) is 0 Å². The van der Waals surface area contributed by atoms with Crippen LogP contribution in [0, 0.1) is 0 Å². The van der Waals surface area contributed by atoms with Crippen LogP contribution in [-0.2, 0) is 0 Å². The maximum atomic E-state index is 6.67. The van der Waals surface area contributed by atoms with Crippen LogP contribution in [0.4, 0.5) is 0 Å². The number of hydrogen-bond donors (Lipinski definition) is 0. The summed E-state index contributed by atoms with van der Waals surface area (Å²) in [5, 5.41) is 2.23. The van der Waals surface area contributed by atoms with Gasteiger partial charge in [0.2, 0.25) is 0 Å². The van der Waals surface area contributed by atoms with Crippen LogP contribution >= 0.6 is 0 Å². The summed E-state index contributed by atoms with van der Waals surface area (Å²) in [4.78, 5) is 5.07. The van der Waals surface area contributed by atoms with Crippen molar-refractivity contribution >= 4 is 33.0 Å². The van der Waals surface area contributed by atoms with E-state index in [9.17, 15) is 0 Å². The molecule has 0 spiro atoms. The summed E-state index contributed by atoms with van der Waals surface area (Å²) in [6, 6.07) is 59.5. The Kier molecular flexibility index (Phi) is 6.14. The molecule has 0 fully saturated rings. The fraction of sp³-hybridized carbons (Fsp3) is 0. The first-order valence-corrected chi connectivity index (χ1v) is 15.6. The van der Waals surface area contributed by atoms with Crippen LogP contribution in [0.3, 0.4) is 0 Å². The van der Waals surface area contributed by atoms with E-state index < -0.39 is 0 Å². The first-order chi connectivity index (χ1) is 22.8. The molecule has 9 aromatic rings. The zero-order valence-corrected chi connectivity index (χ0v) is 25.0. The molecule has 46 heavy (non-hydrogen) atoms. The largest absolute Gasteiger partial charge is 0.455 e. The standard InChI is InChI=1S/C43H28N2O/c1-4-13-29(14-5-1)33-27-36(30-15-6-2-7-16-30)42-37(28-33)41-35(19-12-22-40(41)46-42)31-23-25-32(26-24-31)43-44-38-20-10-11-21-39(38)45(43)34-17-8-3-9-18-34/h1-28H. The molecule has 0 unspecified atom stereocenters. The molecule has 0 aliphatic rings. The second-order valence-electron chi connectivity index (χ2n) is 11.6. The van der Waals surface area contributed by atoms with Gasteiger partial charge in [0.05, 0.1) is 11.0 Å². The fourth-order valence-electron chi connectivity index (χ4n) is 6.66. The number of rotatable bonds is 5. The van der Waals surface area contributed by atoms with Gasteiger partial charge in [0, 0.05) is 27.6 Å². The molecule has 0 saturated carbocycles. The van der Waals surface area contributed by atoms with Crippen LogP contribution < -0.4 is 0 Å². The molecule has 0 aliphatic heterocycles. The minimum absolute atomic E-state index is 0.879. The summed E-state index contributed by atoms with van der Waals surface area (Å²) >= 11 is 0. The lowest BCUT2D eigenvalue weighted by Gasteiger charge is -2.11. The van der Waals surface area contributed by atoms with Gasteiger partial charge in [-0.15, -0.1) is 0 Å². The van der Waals surface area contributed by atoms with Crippen molar-refractivity contribution < 1.29 is 4.42 Å². The zero-order chi connectivity index (χ0) is 30.5. The van der Waals surface area contributed by atoms with E-state index in [1.807, 2.05) is 12.1 Å². The summed E-state index contributed by atoms with van der Waals surface area (Å²) < 4.78 is 8.91. The number of fused-ring (bicyclic) bond motifs is 4. The molecular formula is C43H28N2O. The highest BCUT2D eigenvalue weighted by molar-refractivity contribution is 6.16. The Labute approximate surface area is 266 Å². The summed E-state index contributed by atoms with van der Waals surface area (Å²) in [6.07, 6.45) is 0. The van der Waals surface area contributed by atoms with Crippen LogP contribution in [0.25, 0.3) is 83.4 Å². The minimum Gasteiger partial charge on any atom is -0.455 e. The molecule has 0 saturated heterocycles. The molecule has 9 rings (SSSR count). The highest BCUT2D eigenvalue weighted by Gasteiger charge is 2.19. The van der Waals surface area contributed by atoms with Gasteiger partial charge >= 0.3 is 0 Å². The predicted molar refractivity (Wildman–Crippen MR) is 190 cm³/mol. The topological polar surface area (TPSA) is 31.0 Å². The second kappa shape index (κ2) is 10.8. The minimum atomic E-state index is 0.879. The van der Waals surface area contributed by atoms with Gasteiger partial charge in [-0.25, -0.2) is 4.98 Å². The second-order valence-corrected chi connectivity index (χ2v) is 11.6. The number of nitrogens with zero attached hydrogens (tertiary/aromatic N) is 2. The van der Waals surface area contributed by atoms with Crippen LogP contribution in [0.5, 0.6) is 0 Å². The first kappa shape index (κ1) is 26.2. The van der Waals surface area contributed by atoms with Gasteiger partial charge in [0.25, 0.3) is 0 Å². The van der Waals surface area contributed by atoms with Crippen molar-refractivity contribution in [3.05, 3.63) is 170 Å². The molecule has 0 radical (unpaired) electrons. The van der Waals surface area contributed by atoms with Gasteiger partial charge in [-0.2, -0.15) is 0 Å². The van der Waals surface area contributed by atoms with E-state index in [0.717, 1.165) is 72.3 Å². The summed E-state index contributed by atoms with van der Waals surface area (Å²) in [6.45, 7) is 0. The number of para-hydroxylation sites is 3. The molecule has 0 atom stereocenters. The van der Waals surface area contributed by atoms with Crippen LogP contribution in [0.1, 0.15) is 0 Å². The van der Waals surface area contributed by atoms with E-state index in [1.54, 1.807) is 0 Å². The first-order valence-electron chi connectivity index (χ1n) is 15.6. The van der Waals surface area contributed by atoms with Crippen molar-refractivity contribution in [1.82, 2.24) is 9.55 Å². The lowest BCUT2D eigenvalue weighted by atomic mass is 9.93. The van der Waals surface area contributed by atoms with Gasteiger partial charge in [0.15, 0.2) is 0 Å². The lowest BCUT2D eigenvalue weighted by Crippen LogP contribution is -1.97. The molecule has 0 bridgehead atoms. The third-order valence-electron chi connectivity index (χ3n) is 8.82. The van der Waals surface area contributed by atoms with E-state index in [-0.39, 0.29) is 0 Å². The summed E-state index contributed by atoms with van der Waals surface area (Å²) in [7, 11) is 0. The van der Waals surface area contributed by atoms with Crippen molar-refractivity contribution in [3.8, 4) is 50.5 Å². The lowest BCUT2D eigenvalue weighted by molar-refractivity contribution is 0.670. The molecule has 216 valence electrons. The van der Waals surface area contributed by atoms with Crippen LogP contribution in [0.15, 0.2) is 174 Å². The van der Waals surface area contributed by atoms with E-state index >= 15 is 0 Å². The Morgan fingerprint density at radius 1 is 0.457 bits per heavy atom. The Morgan fingerprint density at radius 2 is 1.09 bits per heavy atom. The van der Waals surface area contributed by atoms with E-state index in [4.69, 9.17) is 9.40 Å². The monoisotopic (exact) mass is 588 g/mol. The van der Waals surface area contributed by atoms with E-state index in [0.29, 0.717) is 0 Å². The highest BCUT2D eigenvalue weighted by Crippen LogP contribution is 2.43. The van der Waals surface area contributed by atoms with Crippen LogP contribution in [-0.4, -0.2) is 9.55 Å². The zero-order valence-electron chi connectivity index (χ0n) is 25.0. The van der Waals surface area contributed by atoms with Gasteiger partial charge in [-0.05, 0) is 70.3 Å². The molecule has 3 heteroatoms. The maximum absolute atomic E-state index is 6.67. The molecule has 0 N–H and O–H groups in total. The molecule has 2 aromatic heterocycles. The number of hydrogen-bond acceptors (Lipinski definition) is 2. The SMILES string of the molecule is c1ccc(-c2cc(-c3ccccc3)c3oc4cccc(-c5ccc(-c6nc7ccccc7n6-c6ccccc6)cc5)c4c3c2)cc1. The van der Waals surface area contributed by atoms with Crippen molar-refractivity contribution in [3.63, 3.8) is 0 Å². The van der Waals surface area contributed by atoms with Gasteiger partial charge in [-0.1, -0.05) is 127 Å². The van der Waals surface area contributed by atoms with Crippen molar-refractivity contribution in [1.29, 1.82) is 0 Å². The highest BCUT2D eigenvalue weighted by atomic mass is 16.3. The number of aromatic nitrogens is 2. The Bertz CT molecular complexity index is 2490. The quantitative estimate of drug-likeness (QED) is 0.200. The molecule has 0 amide bonds. The molecule has 3 nitrogen and oxygen atoms in total. The average Bonchev–Trinajstić information content (AvgIpc) is 3.71. The smallest absolute Gasteiger partial charge is 0.145 e. The Morgan fingerprint density at radius 3 is 1.85 bits per heavy atom. The van der Waals surface area contributed by atoms with Crippen LogP contribution in [0.2, 0.25) is 0 Å². The van der Waals surface area contributed by atoms with Gasteiger partial charge < -0.3 is 4.42 Å². The normalized spacial score (nSPS) is 11.5. The van der Waals surface area contributed by atoms with E-state index in [1.165, 1.54) is 11.1 Å². The average molecular weight is 589 g/mol. The Balaban J connectivity index is 1.23. The van der Waals surface area contributed by atoms with Crippen molar-refractivity contribution in [2.75, 3.05) is 0 Å². The van der Waals surface area contributed by atoms with Crippen molar-refractivity contribution in [2.45, 2.75) is 0 Å². The molecule has 7 aromatic carbocycles. The molecular weight excluding hydrogens is 560 g/mol.